The fourth-order valence-electron chi connectivity index (χ4n) is 3.92. The van der Waals surface area contributed by atoms with Gasteiger partial charge in [-0.25, -0.2) is 5.57 Å². The summed E-state index contributed by atoms with van der Waals surface area (Å²) < 4.78 is 0. The molecule has 1 atom stereocenters. The summed E-state index contributed by atoms with van der Waals surface area (Å²) in [7, 11) is 0. The van der Waals surface area contributed by atoms with Crippen LogP contribution in [-0.2, 0) is 29.8 Å². The zero-order valence-corrected chi connectivity index (χ0v) is 27.0. The minimum atomic E-state index is 0. The van der Waals surface area contributed by atoms with Gasteiger partial charge in [0.25, 0.3) is 0 Å². The molecule has 1 aliphatic rings. The molecular formula is C30H40Cl2SiZr-4. The van der Waals surface area contributed by atoms with Gasteiger partial charge in [0.15, 0.2) is 0 Å². The molecule has 3 aromatic rings. The predicted molar refractivity (Wildman–Crippen MR) is 157 cm³/mol. The van der Waals surface area contributed by atoms with Gasteiger partial charge < -0.3 is 14.9 Å². The fourth-order valence-corrected chi connectivity index (χ4v) is 3.92. The quantitative estimate of drug-likeness (QED) is 0.211. The predicted octanol–water partition coefficient (Wildman–Crippen LogP) is 9.51. The molecule has 0 aliphatic heterocycles. The Kier molecular flexibility index (Phi) is 20.5. The van der Waals surface area contributed by atoms with E-state index in [9.17, 15) is 0 Å². The van der Waals surface area contributed by atoms with Crippen molar-refractivity contribution >= 4 is 42.5 Å². The van der Waals surface area contributed by atoms with Crippen LogP contribution in [0.5, 0.6) is 0 Å². The summed E-state index contributed by atoms with van der Waals surface area (Å²) in [6.45, 7) is 16.3. The molecule has 34 heavy (non-hydrogen) atoms. The van der Waals surface area contributed by atoms with E-state index < -0.39 is 0 Å². The van der Waals surface area contributed by atoms with E-state index in [0.29, 0.717) is 11.8 Å². The molecule has 0 spiro atoms. The molecule has 0 fully saturated rings. The van der Waals surface area contributed by atoms with Gasteiger partial charge in [0.1, 0.15) is 0 Å². The summed E-state index contributed by atoms with van der Waals surface area (Å²) in [6, 6.07) is 21.9. The molecule has 0 saturated carbocycles. The summed E-state index contributed by atoms with van der Waals surface area (Å²) in [5.41, 5.74) is 8.34. The standard InChI is InChI=1S/C19H19.C9H13.2CH3.2ClH.Si.Zr/c1-14(2)11-15-12-17-9-6-10-18(19(17)13-15)16-7-4-3-5-8-16;1-6-5-7(2)9(4)8(6)3;;;;;;/h3-10,12-14H,11H2,1-2H3;6H,1-4H3;2*1H3;2*1H;;/q4*-1;;;;. The van der Waals surface area contributed by atoms with Gasteiger partial charge in [-0.1, -0.05) is 82.5 Å². The van der Waals surface area contributed by atoms with Crippen molar-refractivity contribution in [2.75, 3.05) is 0 Å². The second kappa shape index (κ2) is 18.5. The van der Waals surface area contributed by atoms with Crippen LogP contribution in [0.2, 0.25) is 0 Å². The maximum absolute atomic E-state index is 3.36. The first-order valence-corrected chi connectivity index (χ1v) is 14.8. The van der Waals surface area contributed by atoms with Crippen molar-refractivity contribution in [1.82, 2.24) is 0 Å². The second-order valence-corrected chi connectivity index (χ2v) is 8.44. The van der Waals surface area contributed by atoms with E-state index in [1.54, 1.807) is 0 Å². The molecule has 186 valence electrons. The van der Waals surface area contributed by atoms with Crippen LogP contribution in [0.15, 0.2) is 77.4 Å². The van der Waals surface area contributed by atoms with E-state index in [-0.39, 0.29) is 39.7 Å². The van der Waals surface area contributed by atoms with Gasteiger partial charge in [-0.2, -0.15) is 17.2 Å². The summed E-state index contributed by atoms with van der Waals surface area (Å²) in [4.78, 5) is 0. The Morgan fingerprint density at radius 1 is 0.941 bits per heavy atom. The third-order valence-electron chi connectivity index (χ3n) is 5.78. The van der Waals surface area contributed by atoms with Crippen LogP contribution < -0.4 is 0 Å². The first-order valence-electron chi connectivity index (χ1n) is 10.6. The average molecular weight is 591 g/mol. The fraction of sp³-hybridized carbons (Fsp3) is 0.300. The van der Waals surface area contributed by atoms with Crippen LogP contribution in [0, 0.1) is 32.8 Å². The molecule has 0 bridgehead atoms. The number of allylic oxidation sites excluding steroid dienone is 4. The van der Waals surface area contributed by atoms with Crippen molar-refractivity contribution in [3.63, 3.8) is 0 Å². The third-order valence-corrected chi connectivity index (χ3v) is 5.78. The molecular weight excluding hydrogens is 551 g/mol. The third kappa shape index (κ3) is 10.1. The molecule has 0 saturated heterocycles. The topological polar surface area (TPSA) is 0 Å². The van der Waals surface area contributed by atoms with Crippen LogP contribution in [0.4, 0.5) is 0 Å². The number of fused-ring (bicyclic) bond motifs is 1. The summed E-state index contributed by atoms with van der Waals surface area (Å²) >= 11 is 1.36. The van der Waals surface area contributed by atoms with Gasteiger partial charge in [-0.3, -0.25) is 6.08 Å². The monoisotopic (exact) mass is 588 g/mol. The molecule has 4 heteroatoms. The zero-order chi connectivity index (χ0) is 22.3. The summed E-state index contributed by atoms with van der Waals surface area (Å²) in [5.74, 6) is 1.27. The SMILES string of the molecule is CC(C)Cc1cc2c(-c3ccccc3)cccc2[cH-]1.CC1=[C-]C(C)C(C)=C1C.Cl.Cl.[CH3-].[CH3-].[Si]=[Zr]. The number of benzene rings is 2. The Hall–Kier alpha value is -0.790. The van der Waals surface area contributed by atoms with Crippen LogP contribution in [0.1, 0.15) is 47.1 Å². The number of hydrogen-bond donors (Lipinski definition) is 0. The summed E-state index contributed by atoms with van der Waals surface area (Å²) in [6.07, 6.45) is 4.51. The van der Waals surface area contributed by atoms with E-state index in [2.05, 4.69) is 115 Å². The maximum atomic E-state index is 3.36. The van der Waals surface area contributed by atoms with Crippen molar-refractivity contribution in [3.05, 3.63) is 104 Å². The molecule has 0 nitrogen and oxygen atoms in total. The zero-order valence-electron chi connectivity index (χ0n) is 22.0. The number of hydrogen-bond acceptors (Lipinski definition) is 0. The Labute approximate surface area is 239 Å². The van der Waals surface area contributed by atoms with E-state index >= 15 is 0 Å². The molecule has 1 aliphatic carbocycles. The van der Waals surface area contributed by atoms with Crippen molar-refractivity contribution in [1.29, 1.82) is 0 Å². The van der Waals surface area contributed by atoms with Crippen LogP contribution >= 0.6 is 24.8 Å². The first-order chi connectivity index (χ1) is 14.4. The van der Waals surface area contributed by atoms with E-state index in [1.807, 2.05) is 0 Å². The van der Waals surface area contributed by atoms with Crippen LogP contribution in [-0.4, -0.2) is 6.88 Å². The minimum absolute atomic E-state index is 0. The van der Waals surface area contributed by atoms with Gasteiger partial charge in [0.05, 0.1) is 0 Å². The molecule has 2 radical (unpaired) electrons. The molecule has 3 aromatic carbocycles. The van der Waals surface area contributed by atoms with Crippen molar-refractivity contribution < 1.29 is 23.3 Å². The Balaban J connectivity index is -0.000000555. The first kappa shape index (κ1) is 37.8. The van der Waals surface area contributed by atoms with E-state index in [1.165, 1.54) is 67.5 Å². The van der Waals surface area contributed by atoms with Gasteiger partial charge in [-0.05, 0) is 17.9 Å². The number of rotatable bonds is 3. The van der Waals surface area contributed by atoms with Crippen LogP contribution in [0.25, 0.3) is 21.9 Å². The van der Waals surface area contributed by atoms with Crippen molar-refractivity contribution in [2.45, 2.75) is 48.0 Å². The van der Waals surface area contributed by atoms with Crippen LogP contribution in [0.3, 0.4) is 0 Å². The van der Waals surface area contributed by atoms with Gasteiger partial charge in [0.2, 0.25) is 0 Å². The van der Waals surface area contributed by atoms with Gasteiger partial charge >= 0.3 is 30.2 Å². The van der Waals surface area contributed by atoms with Crippen molar-refractivity contribution in [3.8, 4) is 11.1 Å². The summed E-state index contributed by atoms with van der Waals surface area (Å²) in [5, 5.41) is 2.74. The van der Waals surface area contributed by atoms with Gasteiger partial charge in [-0.15, -0.1) is 66.3 Å². The Bertz CT molecular complexity index is 1030. The molecule has 1 unspecified atom stereocenters. The second-order valence-electron chi connectivity index (χ2n) is 8.44. The van der Waals surface area contributed by atoms with E-state index in [0.717, 1.165) is 6.42 Å². The average Bonchev–Trinajstić information content (AvgIpc) is 3.25. The Morgan fingerprint density at radius 2 is 1.53 bits per heavy atom. The number of halogens is 2. The molecule has 0 heterocycles. The van der Waals surface area contributed by atoms with Crippen molar-refractivity contribution in [2.24, 2.45) is 11.8 Å². The van der Waals surface area contributed by atoms with Gasteiger partial charge in [0, 0.05) is 0 Å². The Morgan fingerprint density at radius 3 is 1.97 bits per heavy atom. The molecule has 0 amide bonds. The van der Waals surface area contributed by atoms with E-state index in [4.69, 9.17) is 0 Å². The normalized spacial score (nSPS) is 13.6. The molecule has 4 rings (SSSR count). The molecule has 0 aromatic heterocycles. The molecule has 0 N–H and O–H groups in total.